The van der Waals surface area contributed by atoms with Gasteiger partial charge in [-0.15, -0.1) is 5.10 Å². The fourth-order valence-electron chi connectivity index (χ4n) is 3.86. The van der Waals surface area contributed by atoms with Crippen LogP contribution in [0.15, 0.2) is 42.6 Å². The zero-order chi connectivity index (χ0) is 20.0. The lowest BCUT2D eigenvalue weighted by Gasteiger charge is -2.12. The SMILES string of the molecule is NC(=O)[C@@H]1CC[C@@H](Nc2ncc3nnn(-c4ccc5cc(F)ccc5c4)c3n2)C1. The smallest absolute Gasteiger partial charge is 0.225 e. The number of carbonyl (C=O) groups is 1. The average molecular weight is 391 g/mol. The zero-order valence-electron chi connectivity index (χ0n) is 15.4. The minimum atomic E-state index is -0.273. The van der Waals surface area contributed by atoms with Gasteiger partial charge in [-0.1, -0.05) is 17.3 Å². The molecule has 2 atom stereocenters. The molecule has 2 heterocycles. The maximum atomic E-state index is 13.4. The summed E-state index contributed by atoms with van der Waals surface area (Å²) >= 11 is 0. The molecule has 3 N–H and O–H groups in total. The van der Waals surface area contributed by atoms with Gasteiger partial charge in [0.05, 0.1) is 11.9 Å². The highest BCUT2D eigenvalue weighted by molar-refractivity contribution is 5.85. The first-order valence-corrected chi connectivity index (χ1v) is 9.41. The summed E-state index contributed by atoms with van der Waals surface area (Å²) < 4.78 is 15.1. The molecule has 1 aliphatic carbocycles. The summed E-state index contributed by atoms with van der Waals surface area (Å²) in [6.45, 7) is 0. The number of nitrogens with two attached hydrogens (primary N) is 1. The van der Waals surface area contributed by atoms with E-state index in [0.29, 0.717) is 23.5 Å². The van der Waals surface area contributed by atoms with Crippen LogP contribution in [0.1, 0.15) is 19.3 Å². The van der Waals surface area contributed by atoms with Gasteiger partial charge in [-0.2, -0.15) is 9.67 Å². The molecule has 0 unspecified atom stereocenters. The molecule has 2 aromatic carbocycles. The van der Waals surface area contributed by atoms with Crippen LogP contribution in [-0.2, 0) is 4.79 Å². The Kier molecular flexibility index (Phi) is 4.08. The van der Waals surface area contributed by atoms with Crippen LogP contribution >= 0.6 is 0 Å². The topological polar surface area (TPSA) is 112 Å². The van der Waals surface area contributed by atoms with E-state index in [1.807, 2.05) is 18.2 Å². The molecule has 0 radical (unpaired) electrons. The summed E-state index contributed by atoms with van der Waals surface area (Å²) in [6.07, 6.45) is 3.90. The maximum absolute atomic E-state index is 13.4. The summed E-state index contributed by atoms with van der Waals surface area (Å²) in [4.78, 5) is 20.3. The number of primary amides is 1. The van der Waals surface area contributed by atoms with Crippen molar-refractivity contribution in [2.75, 3.05) is 5.32 Å². The molecule has 9 heteroatoms. The van der Waals surface area contributed by atoms with Gasteiger partial charge in [0.25, 0.3) is 0 Å². The molecule has 1 saturated carbocycles. The number of aromatic nitrogens is 5. The standard InChI is InChI=1S/C20H18FN7O/c21-14-4-1-12-9-16(6-3-11(12)7-14)28-19-17(26-27-28)10-23-20(25-19)24-15-5-2-13(8-15)18(22)29/h1,3-4,6-7,9-10,13,15H,2,5,8H2,(H2,22,29)(H,23,24,25)/t13-,15-/m1/s1. The van der Waals surface area contributed by atoms with Gasteiger partial charge in [0, 0.05) is 12.0 Å². The van der Waals surface area contributed by atoms with E-state index >= 15 is 0 Å². The van der Waals surface area contributed by atoms with Crippen LogP contribution in [0.4, 0.5) is 10.3 Å². The summed E-state index contributed by atoms with van der Waals surface area (Å²) in [7, 11) is 0. The predicted octanol–water partition coefficient (Wildman–Crippen LogP) is 2.57. The van der Waals surface area contributed by atoms with Crippen molar-refractivity contribution in [2.45, 2.75) is 25.3 Å². The Hall–Kier alpha value is -3.62. The summed E-state index contributed by atoms with van der Waals surface area (Å²) in [5.41, 5.74) is 7.31. The van der Waals surface area contributed by atoms with Gasteiger partial charge in [0.2, 0.25) is 11.9 Å². The van der Waals surface area contributed by atoms with Gasteiger partial charge in [-0.25, -0.2) is 9.37 Å². The van der Waals surface area contributed by atoms with Crippen LogP contribution in [0.2, 0.25) is 0 Å². The molecular formula is C20H18FN7O. The average Bonchev–Trinajstić information content (AvgIpc) is 3.34. The zero-order valence-corrected chi connectivity index (χ0v) is 15.4. The molecule has 29 heavy (non-hydrogen) atoms. The molecule has 0 spiro atoms. The number of rotatable bonds is 4. The van der Waals surface area contributed by atoms with E-state index in [4.69, 9.17) is 5.73 Å². The van der Waals surface area contributed by atoms with Gasteiger partial charge in [-0.3, -0.25) is 4.79 Å². The molecule has 146 valence electrons. The summed E-state index contributed by atoms with van der Waals surface area (Å²) in [6, 6.07) is 10.3. The number of halogens is 1. The number of anilines is 1. The lowest BCUT2D eigenvalue weighted by molar-refractivity contribution is -0.121. The van der Waals surface area contributed by atoms with Crippen LogP contribution in [-0.4, -0.2) is 36.9 Å². The van der Waals surface area contributed by atoms with Gasteiger partial charge < -0.3 is 11.1 Å². The number of benzene rings is 2. The highest BCUT2D eigenvalue weighted by atomic mass is 19.1. The van der Waals surface area contributed by atoms with Gasteiger partial charge in [0.1, 0.15) is 5.82 Å². The van der Waals surface area contributed by atoms with Crippen molar-refractivity contribution in [2.24, 2.45) is 11.7 Å². The maximum Gasteiger partial charge on any atom is 0.225 e. The second kappa shape index (κ2) is 6.77. The minimum Gasteiger partial charge on any atom is -0.369 e. The van der Waals surface area contributed by atoms with E-state index < -0.39 is 0 Å². The minimum absolute atomic E-state index is 0.102. The van der Waals surface area contributed by atoms with E-state index in [9.17, 15) is 9.18 Å². The van der Waals surface area contributed by atoms with E-state index in [-0.39, 0.29) is 23.7 Å². The van der Waals surface area contributed by atoms with Crippen LogP contribution in [0.25, 0.3) is 27.6 Å². The first-order valence-electron chi connectivity index (χ1n) is 9.41. The third-order valence-electron chi connectivity index (χ3n) is 5.39. The van der Waals surface area contributed by atoms with E-state index in [1.165, 1.54) is 12.1 Å². The lowest BCUT2D eigenvalue weighted by atomic mass is 10.1. The van der Waals surface area contributed by atoms with Gasteiger partial charge >= 0.3 is 0 Å². The van der Waals surface area contributed by atoms with Crippen molar-refractivity contribution >= 4 is 33.8 Å². The Balaban J connectivity index is 1.47. The molecule has 1 fully saturated rings. The van der Waals surface area contributed by atoms with Crippen molar-refractivity contribution in [1.29, 1.82) is 0 Å². The Bertz CT molecular complexity index is 1240. The Labute approximate surface area is 164 Å². The number of amides is 1. The highest BCUT2D eigenvalue weighted by Gasteiger charge is 2.28. The van der Waals surface area contributed by atoms with Crippen molar-refractivity contribution < 1.29 is 9.18 Å². The number of fused-ring (bicyclic) bond motifs is 2. The Morgan fingerprint density at radius 3 is 2.83 bits per heavy atom. The molecule has 4 aromatic rings. The second-order valence-electron chi connectivity index (χ2n) is 7.33. The van der Waals surface area contributed by atoms with E-state index in [1.54, 1.807) is 16.9 Å². The molecule has 1 amide bonds. The fourth-order valence-corrected chi connectivity index (χ4v) is 3.86. The van der Waals surface area contributed by atoms with Crippen LogP contribution < -0.4 is 11.1 Å². The van der Waals surface area contributed by atoms with E-state index in [0.717, 1.165) is 29.3 Å². The molecule has 0 saturated heterocycles. The highest BCUT2D eigenvalue weighted by Crippen LogP contribution is 2.27. The molecule has 5 rings (SSSR count). The summed E-state index contributed by atoms with van der Waals surface area (Å²) in [5.74, 6) is -0.181. The van der Waals surface area contributed by atoms with Crippen molar-refractivity contribution in [3.8, 4) is 5.69 Å². The molecule has 0 bridgehead atoms. The monoisotopic (exact) mass is 391 g/mol. The molecule has 8 nitrogen and oxygen atoms in total. The second-order valence-corrected chi connectivity index (χ2v) is 7.33. The molecule has 2 aromatic heterocycles. The van der Waals surface area contributed by atoms with Crippen LogP contribution in [0.5, 0.6) is 0 Å². The number of nitrogens with one attached hydrogen (secondary N) is 1. The Morgan fingerprint density at radius 2 is 2.00 bits per heavy atom. The third kappa shape index (κ3) is 3.24. The lowest BCUT2D eigenvalue weighted by Crippen LogP contribution is -2.23. The van der Waals surface area contributed by atoms with Crippen molar-refractivity contribution in [3.05, 3.63) is 48.4 Å². The van der Waals surface area contributed by atoms with E-state index in [2.05, 4.69) is 25.6 Å². The molecular weight excluding hydrogens is 373 g/mol. The van der Waals surface area contributed by atoms with Crippen LogP contribution in [0.3, 0.4) is 0 Å². The first kappa shape index (κ1) is 17.5. The van der Waals surface area contributed by atoms with Crippen molar-refractivity contribution in [1.82, 2.24) is 25.0 Å². The van der Waals surface area contributed by atoms with Gasteiger partial charge in [0.15, 0.2) is 11.2 Å². The number of hydrogen-bond acceptors (Lipinski definition) is 6. The summed E-state index contributed by atoms with van der Waals surface area (Å²) in [5, 5.41) is 13.3. The quantitative estimate of drug-likeness (QED) is 0.553. The third-order valence-corrected chi connectivity index (χ3v) is 5.39. The number of carbonyl (C=O) groups excluding carboxylic acids is 1. The molecule has 0 aliphatic heterocycles. The fraction of sp³-hybridized carbons (Fsp3) is 0.250. The normalized spacial score (nSPS) is 19.1. The number of hydrogen-bond donors (Lipinski definition) is 2. The largest absolute Gasteiger partial charge is 0.369 e. The Morgan fingerprint density at radius 1 is 1.17 bits per heavy atom. The van der Waals surface area contributed by atoms with Gasteiger partial charge in [-0.05, 0) is 54.3 Å². The molecule has 1 aliphatic rings. The number of nitrogens with zero attached hydrogens (tertiary/aromatic N) is 5. The predicted molar refractivity (Wildman–Crippen MR) is 106 cm³/mol. The first-order chi connectivity index (χ1) is 14.1. The van der Waals surface area contributed by atoms with Crippen LogP contribution in [0, 0.1) is 11.7 Å². The van der Waals surface area contributed by atoms with Crippen molar-refractivity contribution in [3.63, 3.8) is 0 Å².